The van der Waals surface area contributed by atoms with E-state index in [-0.39, 0.29) is 16.5 Å². The molecule has 6 nitrogen and oxygen atoms in total. The Balaban J connectivity index is 3.26. The molecule has 0 spiro atoms. The Morgan fingerprint density at radius 1 is 1.50 bits per heavy atom. The first-order valence-corrected chi connectivity index (χ1v) is 5.40. The molecule has 0 amide bonds. The molecule has 0 aliphatic heterocycles. The minimum atomic E-state index is -3.49. The van der Waals surface area contributed by atoms with Gasteiger partial charge in [-0.3, -0.25) is 4.98 Å². The van der Waals surface area contributed by atoms with E-state index in [1.807, 2.05) is 0 Å². The number of hydrogen-bond acceptors (Lipinski definition) is 5. The Morgan fingerprint density at radius 3 is 2.64 bits per heavy atom. The summed E-state index contributed by atoms with van der Waals surface area (Å²) in [4.78, 5) is 17.4. The van der Waals surface area contributed by atoms with Gasteiger partial charge in [0.25, 0.3) is 0 Å². The van der Waals surface area contributed by atoms with Gasteiger partial charge in [0.15, 0.2) is 20.6 Å². The second-order valence-electron chi connectivity index (χ2n) is 2.45. The predicted octanol–water partition coefficient (Wildman–Crippen LogP) is -0.0316. The SMILES string of the molecule is CCS(=O)(=O)c1cncc(C(=O)O)n1. The molecule has 1 N–H and O–H groups in total. The summed E-state index contributed by atoms with van der Waals surface area (Å²) in [5, 5.41) is 8.24. The van der Waals surface area contributed by atoms with E-state index < -0.39 is 15.8 Å². The van der Waals surface area contributed by atoms with Crippen molar-refractivity contribution in [1.82, 2.24) is 9.97 Å². The highest BCUT2D eigenvalue weighted by Gasteiger charge is 2.16. The highest BCUT2D eigenvalue weighted by molar-refractivity contribution is 7.91. The molecule has 0 atom stereocenters. The fourth-order valence-electron chi connectivity index (χ4n) is 0.749. The Hall–Kier alpha value is -1.50. The van der Waals surface area contributed by atoms with Crippen molar-refractivity contribution in [1.29, 1.82) is 0 Å². The zero-order chi connectivity index (χ0) is 10.8. The van der Waals surface area contributed by atoms with Crippen molar-refractivity contribution >= 4 is 15.8 Å². The molecular weight excluding hydrogens is 208 g/mol. The molecule has 0 bridgehead atoms. The highest BCUT2D eigenvalue weighted by Crippen LogP contribution is 2.06. The van der Waals surface area contributed by atoms with Crippen LogP contribution in [0.1, 0.15) is 17.4 Å². The number of sulfone groups is 1. The van der Waals surface area contributed by atoms with Crippen molar-refractivity contribution in [3.05, 3.63) is 18.1 Å². The lowest BCUT2D eigenvalue weighted by atomic mass is 10.5. The van der Waals surface area contributed by atoms with Crippen molar-refractivity contribution in [3.8, 4) is 0 Å². The molecule has 1 aromatic rings. The number of carboxylic acid groups (broad SMARTS) is 1. The summed E-state index contributed by atoms with van der Waals surface area (Å²) < 4.78 is 22.6. The van der Waals surface area contributed by atoms with Crippen LogP contribution in [0, 0.1) is 0 Å². The molecule has 0 aliphatic rings. The molecule has 0 saturated carbocycles. The molecule has 14 heavy (non-hydrogen) atoms. The zero-order valence-electron chi connectivity index (χ0n) is 7.34. The van der Waals surface area contributed by atoms with Gasteiger partial charge in [-0.05, 0) is 0 Å². The van der Waals surface area contributed by atoms with Crippen LogP contribution >= 0.6 is 0 Å². The summed E-state index contributed by atoms with van der Waals surface area (Å²) in [6, 6.07) is 0. The predicted molar refractivity (Wildman–Crippen MR) is 46.7 cm³/mol. The van der Waals surface area contributed by atoms with Crippen molar-refractivity contribution < 1.29 is 18.3 Å². The molecule has 0 radical (unpaired) electrons. The van der Waals surface area contributed by atoms with E-state index in [0.717, 1.165) is 12.4 Å². The van der Waals surface area contributed by atoms with Crippen molar-refractivity contribution in [2.24, 2.45) is 0 Å². The van der Waals surface area contributed by atoms with E-state index in [4.69, 9.17) is 5.11 Å². The molecule has 0 saturated heterocycles. The minimum absolute atomic E-state index is 0.134. The van der Waals surface area contributed by atoms with Gasteiger partial charge in [0, 0.05) is 0 Å². The Bertz CT molecular complexity index is 455. The van der Waals surface area contributed by atoms with Crippen LogP contribution in [0.3, 0.4) is 0 Å². The summed E-state index contributed by atoms with van der Waals surface area (Å²) in [7, 11) is -3.49. The largest absolute Gasteiger partial charge is 0.476 e. The lowest BCUT2D eigenvalue weighted by molar-refractivity contribution is 0.0689. The molecular formula is C7H8N2O4S. The zero-order valence-corrected chi connectivity index (χ0v) is 8.15. The van der Waals surface area contributed by atoms with Gasteiger partial charge in [-0.1, -0.05) is 6.92 Å². The molecule has 1 heterocycles. The number of carbonyl (C=O) groups is 1. The maximum Gasteiger partial charge on any atom is 0.356 e. The quantitative estimate of drug-likeness (QED) is 0.761. The van der Waals surface area contributed by atoms with Crippen LogP contribution in [0.15, 0.2) is 17.4 Å². The first kappa shape index (κ1) is 10.6. The molecule has 7 heteroatoms. The maximum atomic E-state index is 11.3. The smallest absolute Gasteiger partial charge is 0.356 e. The molecule has 0 aliphatic carbocycles. The number of aromatic carboxylic acids is 1. The van der Waals surface area contributed by atoms with Crippen LogP contribution in [0.25, 0.3) is 0 Å². The third kappa shape index (κ3) is 2.05. The molecule has 0 aromatic carbocycles. The van der Waals surface area contributed by atoms with Gasteiger partial charge in [0.2, 0.25) is 0 Å². The number of aromatic nitrogens is 2. The summed E-state index contributed by atoms with van der Waals surface area (Å²) in [5.41, 5.74) is -0.375. The Kier molecular flexibility index (Phi) is 2.80. The van der Waals surface area contributed by atoms with E-state index >= 15 is 0 Å². The Labute approximate surface area is 80.5 Å². The topological polar surface area (TPSA) is 97.2 Å². The van der Waals surface area contributed by atoms with Gasteiger partial charge in [0.1, 0.15) is 0 Å². The lowest BCUT2D eigenvalue weighted by Gasteiger charge is -1.99. The fourth-order valence-corrected chi connectivity index (χ4v) is 1.50. The van der Waals surface area contributed by atoms with Crippen molar-refractivity contribution in [2.75, 3.05) is 5.75 Å². The molecule has 1 rings (SSSR count). The van der Waals surface area contributed by atoms with Crippen molar-refractivity contribution in [2.45, 2.75) is 11.9 Å². The average molecular weight is 216 g/mol. The number of rotatable bonds is 3. The van der Waals surface area contributed by atoms with Crippen LogP contribution in [0.2, 0.25) is 0 Å². The third-order valence-corrected chi connectivity index (χ3v) is 3.12. The maximum absolute atomic E-state index is 11.3. The van der Waals surface area contributed by atoms with E-state index in [1.54, 1.807) is 0 Å². The highest BCUT2D eigenvalue weighted by atomic mass is 32.2. The number of hydrogen-bond donors (Lipinski definition) is 1. The summed E-state index contributed by atoms with van der Waals surface area (Å²) in [6.45, 7) is 1.45. The van der Waals surface area contributed by atoms with E-state index in [0.29, 0.717) is 0 Å². The van der Waals surface area contributed by atoms with Gasteiger partial charge >= 0.3 is 5.97 Å². The van der Waals surface area contributed by atoms with Crippen LogP contribution in [-0.2, 0) is 9.84 Å². The third-order valence-electron chi connectivity index (χ3n) is 1.53. The molecule has 0 unspecified atom stereocenters. The second kappa shape index (κ2) is 3.70. The fraction of sp³-hybridized carbons (Fsp3) is 0.286. The molecule has 1 aromatic heterocycles. The van der Waals surface area contributed by atoms with Gasteiger partial charge in [-0.15, -0.1) is 0 Å². The number of carboxylic acids is 1. The van der Waals surface area contributed by atoms with E-state index in [2.05, 4.69) is 9.97 Å². The summed E-state index contributed by atoms with van der Waals surface area (Å²) in [5.74, 6) is -1.43. The summed E-state index contributed by atoms with van der Waals surface area (Å²) in [6.07, 6.45) is 2.03. The summed E-state index contributed by atoms with van der Waals surface area (Å²) >= 11 is 0. The normalized spacial score (nSPS) is 11.2. The monoisotopic (exact) mass is 216 g/mol. The molecule has 0 fully saturated rings. The minimum Gasteiger partial charge on any atom is -0.476 e. The van der Waals surface area contributed by atoms with Crippen LogP contribution in [0.4, 0.5) is 0 Å². The number of nitrogens with zero attached hydrogens (tertiary/aromatic N) is 2. The standard InChI is InChI=1S/C7H8N2O4S/c1-2-14(12,13)6-4-8-3-5(9-6)7(10)11/h3-4H,2H2,1H3,(H,10,11). The van der Waals surface area contributed by atoms with Crippen molar-refractivity contribution in [3.63, 3.8) is 0 Å². The first-order chi connectivity index (χ1) is 6.47. The van der Waals surface area contributed by atoms with Gasteiger partial charge in [-0.2, -0.15) is 0 Å². The van der Waals surface area contributed by atoms with Gasteiger partial charge in [0.05, 0.1) is 18.1 Å². The van der Waals surface area contributed by atoms with E-state index in [1.165, 1.54) is 6.92 Å². The van der Waals surface area contributed by atoms with E-state index in [9.17, 15) is 13.2 Å². The second-order valence-corrected chi connectivity index (χ2v) is 4.68. The molecule has 76 valence electrons. The van der Waals surface area contributed by atoms with Crippen LogP contribution in [-0.4, -0.2) is 35.2 Å². The van der Waals surface area contributed by atoms with Crippen LogP contribution in [0.5, 0.6) is 0 Å². The van der Waals surface area contributed by atoms with Crippen LogP contribution < -0.4 is 0 Å². The average Bonchev–Trinajstić information content (AvgIpc) is 2.18. The van der Waals surface area contributed by atoms with Gasteiger partial charge < -0.3 is 5.11 Å². The Morgan fingerprint density at radius 2 is 2.14 bits per heavy atom. The van der Waals surface area contributed by atoms with Gasteiger partial charge in [-0.25, -0.2) is 18.2 Å². The lowest BCUT2D eigenvalue weighted by Crippen LogP contribution is -2.10. The first-order valence-electron chi connectivity index (χ1n) is 3.75.